The largest absolute Gasteiger partial charge is 0.480 e. The zero-order valence-electron chi connectivity index (χ0n) is 11.0. The number of benzene rings is 1. The fraction of sp³-hybridized carbons (Fsp3) is 0.385. The number of aliphatic hydroxyl groups excluding tert-OH is 1. The van der Waals surface area contributed by atoms with Crippen LogP contribution in [-0.4, -0.2) is 41.4 Å². The summed E-state index contributed by atoms with van der Waals surface area (Å²) in [6.45, 7) is 3.47. The molecule has 0 aromatic heterocycles. The molecule has 19 heavy (non-hydrogen) atoms. The van der Waals surface area contributed by atoms with Gasteiger partial charge in [0.1, 0.15) is 0 Å². The van der Waals surface area contributed by atoms with E-state index < -0.39 is 24.6 Å². The van der Waals surface area contributed by atoms with Gasteiger partial charge in [-0.1, -0.05) is 17.7 Å². The third-order valence-electron chi connectivity index (χ3n) is 2.69. The molecule has 0 fully saturated rings. The molecule has 0 radical (unpaired) electrons. The predicted octanol–water partition coefficient (Wildman–Crippen LogP) is 0.976. The van der Waals surface area contributed by atoms with Gasteiger partial charge in [0, 0.05) is 12.2 Å². The van der Waals surface area contributed by atoms with Gasteiger partial charge in [-0.15, -0.1) is 0 Å². The number of nitrogens with one attached hydrogen (secondary N) is 1. The van der Waals surface area contributed by atoms with Crippen molar-refractivity contribution in [1.82, 2.24) is 5.32 Å². The van der Waals surface area contributed by atoms with Crippen LogP contribution in [0.25, 0.3) is 0 Å². The Hall–Kier alpha value is -2.08. The second kappa shape index (κ2) is 6.75. The lowest BCUT2D eigenvalue weighted by Gasteiger charge is -2.23. The Morgan fingerprint density at radius 2 is 1.89 bits per heavy atom. The van der Waals surface area contributed by atoms with E-state index in [9.17, 15) is 9.59 Å². The number of hydrogen-bond donors (Lipinski definition) is 3. The molecule has 1 aromatic carbocycles. The number of amides is 2. The molecule has 0 saturated carbocycles. The molecule has 2 amide bonds. The van der Waals surface area contributed by atoms with Gasteiger partial charge in [0.25, 0.3) is 0 Å². The van der Waals surface area contributed by atoms with E-state index in [4.69, 9.17) is 10.2 Å². The lowest BCUT2D eigenvalue weighted by atomic mass is 10.2. The first-order valence-corrected chi connectivity index (χ1v) is 5.98. The van der Waals surface area contributed by atoms with Crippen LogP contribution in [0.2, 0.25) is 0 Å². The highest BCUT2D eigenvalue weighted by atomic mass is 16.4. The van der Waals surface area contributed by atoms with Gasteiger partial charge in [0.15, 0.2) is 6.04 Å². The van der Waals surface area contributed by atoms with Crippen LogP contribution >= 0.6 is 0 Å². The molecule has 0 aliphatic rings. The molecule has 104 valence electrons. The first kappa shape index (κ1) is 15.0. The van der Waals surface area contributed by atoms with E-state index in [0.29, 0.717) is 12.2 Å². The third kappa shape index (κ3) is 3.96. The van der Waals surface area contributed by atoms with Crippen molar-refractivity contribution in [3.05, 3.63) is 29.8 Å². The van der Waals surface area contributed by atoms with Gasteiger partial charge in [-0.05, 0) is 26.0 Å². The highest BCUT2D eigenvalue weighted by molar-refractivity contribution is 5.94. The summed E-state index contributed by atoms with van der Waals surface area (Å²) in [6, 6.07) is 5.46. The number of hydrogen-bond acceptors (Lipinski definition) is 3. The van der Waals surface area contributed by atoms with Crippen LogP contribution in [0.4, 0.5) is 10.5 Å². The van der Waals surface area contributed by atoms with Gasteiger partial charge in [0.2, 0.25) is 0 Å². The first-order valence-electron chi connectivity index (χ1n) is 5.98. The summed E-state index contributed by atoms with van der Waals surface area (Å²) in [5.41, 5.74) is 1.74. The summed E-state index contributed by atoms with van der Waals surface area (Å²) in [5.74, 6) is -1.27. The second-order valence-electron chi connectivity index (χ2n) is 4.10. The summed E-state index contributed by atoms with van der Waals surface area (Å²) in [4.78, 5) is 24.1. The van der Waals surface area contributed by atoms with Crippen molar-refractivity contribution in [2.45, 2.75) is 19.9 Å². The Labute approximate surface area is 111 Å². The minimum absolute atomic E-state index is 0.395. The molecule has 1 atom stereocenters. The average molecular weight is 266 g/mol. The highest BCUT2D eigenvalue weighted by Crippen LogP contribution is 2.15. The maximum Gasteiger partial charge on any atom is 0.328 e. The number of urea groups is 1. The van der Waals surface area contributed by atoms with Crippen LogP contribution in [0, 0.1) is 6.92 Å². The quantitative estimate of drug-likeness (QED) is 0.741. The van der Waals surface area contributed by atoms with E-state index in [2.05, 4.69) is 5.32 Å². The second-order valence-corrected chi connectivity index (χ2v) is 4.10. The number of carbonyl (C=O) groups is 2. The van der Waals surface area contributed by atoms with Crippen LogP contribution in [0.1, 0.15) is 12.5 Å². The Morgan fingerprint density at radius 1 is 1.32 bits per heavy atom. The van der Waals surface area contributed by atoms with Crippen molar-refractivity contribution in [2.75, 3.05) is 18.1 Å². The SMILES string of the molecule is CCN(C(=O)N[C@@H](CO)C(=O)O)c1ccc(C)cc1. The Balaban J connectivity index is 2.82. The van der Waals surface area contributed by atoms with Crippen molar-refractivity contribution in [3.63, 3.8) is 0 Å². The number of carboxylic acid groups (broad SMARTS) is 1. The van der Waals surface area contributed by atoms with Crippen molar-refractivity contribution >= 4 is 17.7 Å². The van der Waals surface area contributed by atoms with E-state index in [1.54, 1.807) is 19.1 Å². The molecule has 0 bridgehead atoms. The molecule has 3 N–H and O–H groups in total. The van der Waals surface area contributed by atoms with Gasteiger partial charge in [-0.25, -0.2) is 9.59 Å². The topological polar surface area (TPSA) is 89.9 Å². The molecule has 0 aliphatic carbocycles. The summed E-state index contributed by atoms with van der Waals surface area (Å²) in [7, 11) is 0. The molecule has 0 aliphatic heterocycles. The Morgan fingerprint density at radius 3 is 2.32 bits per heavy atom. The van der Waals surface area contributed by atoms with E-state index in [1.165, 1.54) is 4.90 Å². The first-order chi connectivity index (χ1) is 8.99. The summed E-state index contributed by atoms with van der Waals surface area (Å²) in [6.07, 6.45) is 0. The van der Waals surface area contributed by atoms with Crippen molar-refractivity contribution in [3.8, 4) is 0 Å². The van der Waals surface area contributed by atoms with E-state index in [-0.39, 0.29) is 0 Å². The molecular formula is C13H18N2O4. The molecule has 1 rings (SSSR count). The fourth-order valence-corrected chi connectivity index (χ4v) is 1.58. The molecule has 0 spiro atoms. The third-order valence-corrected chi connectivity index (χ3v) is 2.69. The number of aliphatic carboxylic acids is 1. The number of aliphatic hydroxyl groups is 1. The zero-order chi connectivity index (χ0) is 14.4. The number of nitrogens with zero attached hydrogens (tertiary/aromatic N) is 1. The maximum atomic E-state index is 12.0. The van der Waals surface area contributed by atoms with Gasteiger partial charge < -0.3 is 15.5 Å². The number of anilines is 1. The average Bonchev–Trinajstić information content (AvgIpc) is 2.38. The summed E-state index contributed by atoms with van der Waals surface area (Å²) >= 11 is 0. The molecule has 0 saturated heterocycles. The molecule has 0 heterocycles. The van der Waals surface area contributed by atoms with Crippen molar-refractivity contribution < 1.29 is 19.8 Å². The molecular weight excluding hydrogens is 248 g/mol. The number of carbonyl (C=O) groups excluding carboxylic acids is 1. The highest BCUT2D eigenvalue weighted by Gasteiger charge is 2.22. The summed E-state index contributed by atoms with van der Waals surface area (Å²) in [5, 5.41) is 20.0. The van der Waals surface area contributed by atoms with Crippen LogP contribution < -0.4 is 10.2 Å². The van der Waals surface area contributed by atoms with Crippen LogP contribution in [0.3, 0.4) is 0 Å². The standard InChI is InChI=1S/C13H18N2O4/c1-3-15(10-6-4-9(2)5-7-10)13(19)14-11(8-16)12(17)18/h4-7,11,16H,3,8H2,1-2H3,(H,14,19)(H,17,18)/t11-/m0/s1. The van der Waals surface area contributed by atoms with Crippen LogP contribution in [0.5, 0.6) is 0 Å². The molecule has 6 nitrogen and oxygen atoms in total. The van der Waals surface area contributed by atoms with Gasteiger partial charge in [0.05, 0.1) is 6.61 Å². The maximum absolute atomic E-state index is 12.0. The fourth-order valence-electron chi connectivity index (χ4n) is 1.58. The Kier molecular flexibility index (Phi) is 5.32. The molecule has 6 heteroatoms. The van der Waals surface area contributed by atoms with E-state index in [0.717, 1.165) is 5.56 Å². The minimum atomic E-state index is -1.30. The predicted molar refractivity (Wildman–Crippen MR) is 71.2 cm³/mol. The zero-order valence-corrected chi connectivity index (χ0v) is 11.0. The minimum Gasteiger partial charge on any atom is -0.480 e. The number of rotatable bonds is 5. The monoisotopic (exact) mass is 266 g/mol. The molecule has 0 unspecified atom stereocenters. The van der Waals surface area contributed by atoms with E-state index in [1.807, 2.05) is 19.1 Å². The number of aryl methyl sites for hydroxylation is 1. The number of carboxylic acids is 1. The normalized spacial score (nSPS) is 11.7. The lowest BCUT2D eigenvalue weighted by Crippen LogP contribution is -2.49. The van der Waals surface area contributed by atoms with Gasteiger partial charge in [-0.3, -0.25) is 4.90 Å². The van der Waals surface area contributed by atoms with Crippen molar-refractivity contribution in [2.24, 2.45) is 0 Å². The Bertz CT molecular complexity index is 444. The van der Waals surface area contributed by atoms with Crippen molar-refractivity contribution in [1.29, 1.82) is 0 Å². The molecule has 1 aromatic rings. The van der Waals surface area contributed by atoms with Crippen LogP contribution in [0.15, 0.2) is 24.3 Å². The van der Waals surface area contributed by atoms with E-state index >= 15 is 0 Å². The van der Waals surface area contributed by atoms with Gasteiger partial charge >= 0.3 is 12.0 Å². The van der Waals surface area contributed by atoms with Crippen LogP contribution in [-0.2, 0) is 4.79 Å². The van der Waals surface area contributed by atoms with Gasteiger partial charge in [-0.2, -0.15) is 0 Å². The smallest absolute Gasteiger partial charge is 0.328 e. The lowest BCUT2D eigenvalue weighted by molar-refractivity contribution is -0.140. The summed E-state index contributed by atoms with van der Waals surface area (Å²) < 4.78 is 0.